The highest BCUT2D eigenvalue weighted by atomic mass is 16.7. The molecule has 1 aromatic carbocycles. The van der Waals surface area contributed by atoms with E-state index in [4.69, 9.17) is 10.7 Å². The summed E-state index contributed by atoms with van der Waals surface area (Å²) in [6, 6.07) is 8.90. The third-order valence-electron chi connectivity index (χ3n) is 2.69. The summed E-state index contributed by atoms with van der Waals surface area (Å²) < 4.78 is 0. The second-order valence-corrected chi connectivity index (χ2v) is 3.83. The van der Waals surface area contributed by atoms with E-state index in [-0.39, 0.29) is 6.42 Å². The van der Waals surface area contributed by atoms with Crippen molar-refractivity contribution in [2.24, 2.45) is 5.90 Å². The molecular formula is C11H14N2O4. The first-order valence-corrected chi connectivity index (χ1v) is 5.31. The number of hydroxylamine groups is 2. The zero-order valence-corrected chi connectivity index (χ0v) is 9.20. The van der Waals surface area contributed by atoms with Gasteiger partial charge in [0.15, 0.2) is 0 Å². The number of carbonyl (C=O) groups excluding carboxylic acids is 1. The van der Waals surface area contributed by atoms with Crippen molar-refractivity contribution < 1.29 is 19.6 Å². The van der Waals surface area contributed by atoms with Gasteiger partial charge in [-0.05, 0) is 18.6 Å². The normalized spacial score (nSPS) is 24.6. The topological polar surface area (TPSA) is 85.0 Å². The van der Waals surface area contributed by atoms with Crippen molar-refractivity contribution in [1.29, 1.82) is 0 Å². The Labute approximate surface area is 98.4 Å². The van der Waals surface area contributed by atoms with Crippen LogP contribution < -0.4 is 10.7 Å². The van der Waals surface area contributed by atoms with Gasteiger partial charge in [-0.25, -0.2) is 4.79 Å². The Morgan fingerprint density at radius 2 is 2.12 bits per heavy atom. The van der Waals surface area contributed by atoms with Crippen LogP contribution >= 0.6 is 0 Å². The van der Waals surface area contributed by atoms with Crippen LogP contribution in [0.5, 0.6) is 5.75 Å². The quantitative estimate of drug-likeness (QED) is 0.731. The summed E-state index contributed by atoms with van der Waals surface area (Å²) in [6.45, 7) is 0.431. The first-order chi connectivity index (χ1) is 8.16. The molecule has 0 spiro atoms. The number of rotatable bonds is 3. The molecule has 1 unspecified atom stereocenters. The van der Waals surface area contributed by atoms with Gasteiger partial charge in [-0.3, -0.25) is 0 Å². The SMILES string of the molecule is NOC(=O)C1(O)CCCN1Oc1ccccc1. The lowest BCUT2D eigenvalue weighted by Gasteiger charge is -2.29. The van der Waals surface area contributed by atoms with Crippen molar-refractivity contribution in [3.8, 4) is 5.75 Å². The lowest BCUT2D eigenvalue weighted by molar-refractivity contribution is -0.233. The molecule has 3 N–H and O–H groups in total. The number of para-hydroxylation sites is 1. The molecule has 1 aromatic rings. The van der Waals surface area contributed by atoms with Crippen molar-refractivity contribution in [1.82, 2.24) is 5.06 Å². The molecule has 92 valence electrons. The van der Waals surface area contributed by atoms with E-state index in [1.54, 1.807) is 24.3 Å². The van der Waals surface area contributed by atoms with Crippen LogP contribution in [-0.4, -0.2) is 28.4 Å². The minimum atomic E-state index is -1.80. The Hall–Kier alpha value is -1.63. The molecule has 1 heterocycles. The Morgan fingerprint density at radius 1 is 1.41 bits per heavy atom. The van der Waals surface area contributed by atoms with E-state index in [0.29, 0.717) is 18.7 Å². The average Bonchev–Trinajstić information content (AvgIpc) is 2.72. The molecule has 0 radical (unpaired) electrons. The standard InChI is InChI=1S/C11H14N2O4/c12-16-10(14)11(15)7-4-8-13(11)17-9-5-2-1-3-6-9/h1-3,5-6,15H,4,7-8,12H2. The van der Waals surface area contributed by atoms with Crippen molar-refractivity contribution in [2.75, 3.05) is 6.54 Å². The van der Waals surface area contributed by atoms with E-state index in [0.717, 1.165) is 0 Å². The molecule has 1 atom stereocenters. The summed E-state index contributed by atoms with van der Waals surface area (Å²) in [5, 5.41) is 11.3. The smallest absolute Gasteiger partial charge is 0.375 e. The molecule has 1 fully saturated rings. The summed E-state index contributed by atoms with van der Waals surface area (Å²) in [5.41, 5.74) is -1.80. The van der Waals surface area contributed by atoms with E-state index in [2.05, 4.69) is 4.84 Å². The molecule has 17 heavy (non-hydrogen) atoms. The second-order valence-electron chi connectivity index (χ2n) is 3.83. The summed E-state index contributed by atoms with van der Waals surface area (Å²) in [5.74, 6) is 4.43. The maximum absolute atomic E-state index is 11.4. The fraction of sp³-hybridized carbons (Fsp3) is 0.364. The van der Waals surface area contributed by atoms with Crippen LogP contribution in [0.15, 0.2) is 30.3 Å². The molecule has 1 aliphatic heterocycles. The molecule has 6 nitrogen and oxygen atoms in total. The number of hydrogen-bond donors (Lipinski definition) is 2. The van der Waals surface area contributed by atoms with Crippen LogP contribution in [0.4, 0.5) is 0 Å². The second kappa shape index (κ2) is 4.70. The minimum Gasteiger partial charge on any atom is -0.403 e. The van der Waals surface area contributed by atoms with Crippen LogP contribution in [0.2, 0.25) is 0 Å². The molecular weight excluding hydrogens is 224 g/mol. The maximum atomic E-state index is 11.4. The highest BCUT2D eigenvalue weighted by Gasteiger charge is 2.49. The maximum Gasteiger partial charge on any atom is 0.375 e. The molecule has 0 saturated carbocycles. The molecule has 6 heteroatoms. The fourth-order valence-electron chi connectivity index (χ4n) is 1.81. The fourth-order valence-corrected chi connectivity index (χ4v) is 1.81. The molecule has 2 rings (SSSR count). The van der Waals surface area contributed by atoms with E-state index in [9.17, 15) is 9.90 Å². The first kappa shape index (κ1) is 11.8. The zero-order chi connectivity index (χ0) is 12.3. The molecule has 0 bridgehead atoms. The lowest BCUT2D eigenvalue weighted by atomic mass is 10.2. The predicted octanol–water partition coefficient (Wildman–Crippen LogP) is 0.182. The van der Waals surface area contributed by atoms with E-state index in [1.807, 2.05) is 6.07 Å². The first-order valence-electron chi connectivity index (χ1n) is 5.31. The van der Waals surface area contributed by atoms with E-state index in [1.165, 1.54) is 5.06 Å². The average molecular weight is 238 g/mol. The summed E-state index contributed by atoms with van der Waals surface area (Å²) >= 11 is 0. The van der Waals surface area contributed by atoms with Crippen LogP contribution in [-0.2, 0) is 9.63 Å². The molecule has 1 saturated heterocycles. The van der Waals surface area contributed by atoms with Gasteiger partial charge in [0.1, 0.15) is 5.75 Å². The Balaban J connectivity index is 2.13. The van der Waals surface area contributed by atoms with Crippen molar-refractivity contribution in [3.63, 3.8) is 0 Å². The Kier molecular flexibility index (Phi) is 3.28. The molecule has 1 aliphatic rings. The number of aliphatic hydroxyl groups is 1. The van der Waals surface area contributed by atoms with Gasteiger partial charge in [-0.15, -0.1) is 5.06 Å². The van der Waals surface area contributed by atoms with Crippen LogP contribution in [0.25, 0.3) is 0 Å². The number of carbonyl (C=O) groups is 1. The van der Waals surface area contributed by atoms with Gasteiger partial charge in [0, 0.05) is 13.0 Å². The third-order valence-corrected chi connectivity index (χ3v) is 2.69. The van der Waals surface area contributed by atoms with Crippen LogP contribution in [0.3, 0.4) is 0 Å². The van der Waals surface area contributed by atoms with Gasteiger partial charge in [0.25, 0.3) is 5.72 Å². The highest BCUT2D eigenvalue weighted by molar-refractivity contribution is 5.78. The lowest BCUT2D eigenvalue weighted by Crippen LogP contribution is -2.53. The van der Waals surface area contributed by atoms with E-state index >= 15 is 0 Å². The third kappa shape index (κ3) is 2.23. The number of nitrogens with zero attached hydrogens (tertiary/aromatic N) is 1. The number of nitrogens with two attached hydrogens (primary N) is 1. The van der Waals surface area contributed by atoms with Gasteiger partial charge < -0.3 is 14.8 Å². The predicted molar refractivity (Wildman–Crippen MR) is 58.2 cm³/mol. The van der Waals surface area contributed by atoms with E-state index < -0.39 is 11.7 Å². The van der Waals surface area contributed by atoms with Crippen LogP contribution in [0, 0.1) is 0 Å². The monoisotopic (exact) mass is 238 g/mol. The van der Waals surface area contributed by atoms with Gasteiger partial charge in [-0.1, -0.05) is 18.2 Å². The van der Waals surface area contributed by atoms with Gasteiger partial charge in [0.05, 0.1) is 0 Å². The summed E-state index contributed by atoms with van der Waals surface area (Å²) in [7, 11) is 0. The number of benzene rings is 1. The highest BCUT2D eigenvalue weighted by Crippen LogP contribution is 2.29. The summed E-state index contributed by atoms with van der Waals surface area (Å²) in [4.78, 5) is 21.0. The van der Waals surface area contributed by atoms with Gasteiger partial charge in [-0.2, -0.15) is 5.90 Å². The molecule has 0 aliphatic carbocycles. The summed E-state index contributed by atoms with van der Waals surface area (Å²) in [6.07, 6.45) is 0.855. The van der Waals surface area contributed by atoms with Crippen LogP contribution in [0.1, 0.15) is 12.8 Å². The Morgan fingerprint density at radius 3 is 2.76 bits per heavy atom. The van der Waals surface area contributed by atoms with Gasteiger partial charge in [0.2, 0.25) is 0 Å². The molecule has 0 aromatic heterocycles. The largest absolute Gasteiger partial charge is 0.403 e. The van der Waals surface area contributed by atoms with Crippen molar-refractivity contribution in [3.05, 3.63) is 30.3 Å². The number of hydrogen-bond acceptors (Lipinski definition) is 6. The Bertz CT molecular complexity index is 398. The van der Waals surface area contributed by atoms with Crippen molar-refractivity contribution in [2.45, 2.75) is 18.6 Å². The minimum absolute atomic E-state index is 0.232. The zero-order valence-electron chi connectivity index (χ0n) is 9.20. The molecule has 0 amide bonds. The van der Waals surface area contributed by atoms with Gasteiger partial charge >= 0.3 is 5.97 Å². The van der Waals surface area contributed by atoms with Crippen molar-refractivity contribution >= 4 is 5.97 Å².